The fourth-order valence-electron chi connectivity index (χ4n) is 5.43. The van der Waals surface area contributed by atoms with Gasteiger partial charge in [0.25, 0.3) is 5.56 Å². The Kier molecular flexibility index (Phi) is 7.79. The van der Waals surface area contributed by atoms with Crippen LogP contribution < -0.4 is 5.56 Å². The first-order valence-electron chi connectivity index (χ1n) is 13.2. The van der Waals surface area contributed by atoms with Crippen LogP contribution in [0.25, 0.3) is 17.0 Å². The summed E-state index contributed by atoms with van der Waals surface area (Å²) in [4.78, 5) is 34.0. The lowest BCUT2D eigenvalue weighted by atomic mass is 9.92. The largest absolute Gasteiger partial charge is 0.480 e. The second-order valence-corrected chi connectivity index (χ2v) is 9.84. The number of rotatable bonds is 9. The molecule has 10 nitrogen and oxygen atoms in total. The average molecular weight is 527 g/mol. The van der Waals surface area contributed by atoms with Gasteiger partial charge >= 0.3 is 5.97 Å². The number of aromatic nitrogens is 5. The Morgan fingerprint density at radius 2 is 1.95 bits per heavy atom. The standard InChI is InChI=1S/C29H30N6O4/c1-2-5-26-24(14-19-8-13-25(31-16-19)23-7-4-3-6-20(23)15-30)28(38)34(29-32-18-33-35(26)29)21-9-11-22(12-10-21)39-17-27(36)37/h3-4,6-8,13,16,18,21-22H,2,5,9-12,14,17H2,1H3,(H,36,37)/t21-,22-. The molecule has 3 aromatic heterocycles. The van der Waals surface area contributed by atoms with E-state index in [2.05, 4.69) is 28.1 Å². The maximum absolute atomic E-state index is 14.1. The number of hydrogen-bond donors (Lipinski definition) is 1. The predicted octanol–water partition coefficient (Wildman–Crippen LogP) is 3.95. The highest BCUT2D eigenvalue weighted by atomic mass is 16.5. The molecule has 1 aliphatic rings. The van der Waals surface area contributed by atoms with Gasteiger partial charge in [-0.15, -0.1) is 0 Å². The van der Waals surface area contributed by atoms with Crippen LogP contribution in [0.1, 0.15) is 67.5 Å². The van der Waals surface area contributed by atoms with Crippen molar-refractivity contribution in [2.45, 2.75) is 64.0 Å². The van der Waals surface area contributed by atoms with Gasteiger partial charge in [-0.1, -0.05) is 37.6 Å². The van der Waals surface area contributed by atoms with Crippen LogP contribution in [0.4, 0.5) is 0 Å². The van der Waals surface area contributed by atoms with Crippen LogP contribution in [0.2, 0.25) is 0 Å². The van der Waals surface area contributed by atoms with Gasteiger partial charge in [0.15, 0.2) is 0 Å². The minimum atomic E-state index is -0.980. The van der Waals surface area contributed by atoms with E-state index in [4.69, 9.17) is 9.84 Å². The highest BCUT2D eigenvalue weighted by molar-refractivity contribution is 5.68. The van der Waals surface area contributed by atoms with E-state index in [0.717, 1.165) is 23.2 Å². The average Bonchev–Trinajstić information content (AvgIpc) is 3.44. The van der Waals surface area contributed by atoms with Gasteiger partial charge in [-0.05, 0) is 49.8 Å². The SMILES string of the molecule is CCCc1c(Cc2ccc(-c3ccccc3C#N)nc2)c(=O)n([C@H]2CC[C@H](OCC(=O)O)CC2)c2ncnn12. The van der Waals surface area contributed by atoms with E-state index >= 15 is 0 Å². The summed E-state index contributed by atoms with van der Waals surface area (Å²) in [6.07, 6.45) is 7.77. The zero-order valence-electron chi connectivity index (χ0n) is 21.8. The Bertz CT molecular complexity index is 1580. The van der Waals surface area contributed by atoms with Gasteiger partial charge in [-0.25, -0.2) is 9.31 Å². The van der Waals surface area contributed by atoms with Gasteiger partial charge in [0.1, 0.15) is 12.9 Å². The third kappa shape index (κ3) is 5.45. The highest BCUT2D eigenvalue weighted by Gasteiger charge is 2.28. The van der Waals surface area contributed by atoms with Crippen LogP contribution in [0.15, 0.2) is 53.7 Å². The normalized spacial score (nSPS) is 17.2. The van der Waals surface area contributed by atoms with E-state index < -0.39 is 5.97 Å². The number of carbonyl (C=O) groups is 1. The molecule has 5 rings (SSSR count). The summed E-state index contributed by atoms with van der Waals surface area (Å²) in [7, 11) is 0. The Morgan fingerprint density at radius 3 is 2.64 bits per heavy atom. The molecule has 0 atom stereocenters. The topological polar surface area (TPSA) is 135 Å². The van der Waals surface area contributed by atoms with Gasteiger partial charge in [0.05, 0.1) is 29.1 Å². The first kappa shape index (κ1) is 26.3. The molecule has 1 N–H and O–H groups in total. The smallest absolute Gasteiger partial charge is 0.329 e. The number of carboxylic acid groups (broad SMARTS) is 1. The lowest BCUT2D eigenvalue weighted by Crippen LogP contribution is -2.35. The fraction of sp³-hybridized carbons (Fsp3) is 0.379. The second-order valence-electron chi connectivity index (χ2n) is 9.84. The van der Waals surface area contributed by atoms with E-state index in [0.29, 0.717) is 61.1 Å². The molecule has 1 aliphatic carbocycles. The minimum absolute atomic E-state index is 0.0762. The van der Waals surface area contributed by atoms with Crippen LogP contribution >= 0.6 is 0 Å². The molecule has 1 fully saturated rings. The number of hydrogen-bond acceptors (Lipinski definition) is 7. The van der Waals surface area contributed by atoms with Crippen LogP contribution in [0.3, 0.4) is 0 Å². The first-order valence-corrected chi connectivity index (χ1v) is 13.2. The summed E-state index contributed by atoms with van der Waals surface area (Å²) in [5, 5.41) is 22.8. The summed E-state index contributed by atoms with van der Waals surface area (Å²) >= 11 is 0. The van der Waals surface area contributed by atoms with E-state index in [1.165, 1.54) is 6.33 Å². The number of nitriles is 1. The van der Waals surface area contributed by atoms with Crippen molar-refractivity contribution in [1.29, 1.82) is 5.26 Å². The Hall–Kier alpha value is -4.36. The molecule has 39 heavy (non-hydrogen) atoms. The van der Waals surface area contributed by atoms with E-state index in [1.807, 2.05) is 30.3 Å². The number of ether oxygens (including phenoxy) is 1. The summed E-state index contributed by atoms with van der Waals surface area (Å²) in [6.45, 7) is 1.76. The van der Waals surface area contributed by atoms with Gasteiger partial charge in [-0.3, -0.25) is 14.3 Å². The second kappa shape index (κ2) is 11.6. The lowest BCUT2D eigenvalue weighted by molar-refractivity contribution is -0.145. The van der Waals surface area contributed by atoms with Crippen molar-refractivity contribution in [2.75, 3.05) is 6.61 Å². The maximum atomic E-state index is 14.1. The highest BCUT2D eigenvalue weighted by Crippen LogP contribution is 2.31. The molecular formula is C29H30N6O4. The van der Waals surface area contributed by atoms with Gasteiger partial charge in [-0.2, -0.15) is 15.3 Å². The fourth-order valence-corrected chi connectivity index (χ4v) is 5.43. The van der Waals surface area contributed by atoms with E-state index in [1.54, 1.807) is 21.3 Å². The Morgan fingerprint density at radius 1 is 1.15 bits per heavy atom. The van der Waals surface area contributed by atoms with E-state index in [-0.39, 0.29) is 24.3 Å². The van der Waals surface area contributed by atoms with Crippen molar-refractivity contribution >= 4 is 11.7 Å². The van der Waals surface area contributed by atoms with Crippen LogP contribution in [-0.4, -0.2) is 47.9 Å². The predicted molar refractivity (Wildman–Crippen MR) is 143 cm³/mol. The lowest BCUT2D eigenvalue weighted by Gasteiger charge is -2.30. The number of carboxylic acids is 1. The molecule has 0 spiro atoms. The quantitative estimate of drug-likeness (QED) is 0.346. The molecule has 0 unspecified atom stereocenters. The Labute approximate surface area is 225 Å². The number of nitrogens with zero attached hydrogens (tertiary/aromatic N) is 6. The monoisotopic (exact) mass is 526 g/mol. The number of fused-ring (bicyclic) bond motifs is 1. The van der Waals surface area contributed by atoms with E-state index in [9.17, 15) is 14.9 Å². The van der Waals surface area contributed by atoms with Gasteiger partial charge < -0.3 is 9.84 Å². The molecule has 1 aromatic carbocycles. The molecular weight excluding hydrogens is 496 g/mol. The van der Waals surface area contributed by atoms with Crippen LogP contribution in [-0.2, 0) is 22.4 Å². The first-order chi connectivity index (χ1) is 19.0. The Balaban J connectivity index is 1.47. The molecule has 1 saturated carbocycles. The molecule has 4 aromatic rings. The van der Waals surface area contributed by atoms with Crippen LogP contribution in [0, 0.1) is 11.3 Å². The molecule has 3 heterocycles. The molecule has 200 valence electrons. The zero-order chi connectivity index (χ0) is 27.4. The molecule has 0 bridgehead atoms. The number of pyridine rings is 1. The van der Waals surface area contributed by atoms with Crippen molar-refractivity contribution in [1.82, 2.24) is 24.1 Å². The molecule has 0 saturated heterocycles. The zero-order valence-corrected chi connectivity index (χ0v) is 21.8. The number of aryl methyl sites for hydroxylation is 1. The summed E-state index contributed by atoms with van der Waals surface area (Å²) < 4.78 is 9.05. The summed E-state index contributed by atoms with van der Waals surface area (Å²) in [5.41, 5.74) is 4.37. The van der Waals surface area contributed by atoms with Crippen molar-refractivity contribution in [2.24, 2.45) is 0 Å². The van der Waals surface area contributed by atoms with Gasteiger partial charge in [0, 0.05) is 29.8 Å². The third-order valence-corrected chi connectivity index (χ3v) is 7.29. The van der Waals surface area contributed by atoms with Crippen molar-refractivity contribution in [3.63, 3.8) is 0 Å². The van der Waals surface area contributed by atoms with Crippen molar-refractivity contribution in [3.8, 4) is 17.3 Å². The number of aliphatic carboxylic acids is 1. The van der Waals surface area contributed by atoms with Crippen molar-refractivity contribution in [3.05, 3.63) is 81.7 Å². The molecule has 10 heteroatoms. The summed E-state index contributed by atoms with van der Waals surface area (Å²) in [5.74, 6) is -0.449. The molecule has 0 amide bonds. The third-order valence-electron chi connectivity index (χ3n) is 7.29. The van der Waals surface area contributed by atoms with Gasteiger partial charge in [0.2, 0.25) is 5.78 Å². The van der Waals surface area contributed by atoms with Crippen LogP contribution in [0.5, 0.6) is 0 Å². The number of benzene rings is 1. The molecule has 0 radical (unpaired) electrons. The maximum Gasteiger partial charge on any atom is 0.329 e. The van der Waals surface area contributed by atoms with Crippen molar-refractivity contribution < 1.29 is 14.6 Å². The summed E-state index contributed by atoms with van der Waals surface area (Å²) in [6, 6.07) is 13.3. The molecule has 0 aliphatic heterocycles. The minimum Gasteiger partial charge on any atom is -0.480 e.